The largest absolute Gasteiger partial charge is 0.507 e. The van der Waals surface area contributed by atoms with Gasteiger partial charge in [0.25, 0.3) is 0 Å². The van der Waals surface area contributed by atoms with E-state index in [-0.39, 0.29) is 22.8 Å². The Morgan fingerprint density at radius 2 is 1.76 bits per heavy atom. The summed E-state index contributed by atoms with van der Waals surface area (Å²) in [5.74, 6) is -0.425. The lowest BCUT2D eigenvalue weighted by Crippen LogP contribution is -2.29. The molecule has 0 spiro atoms. The molecule has 1 aromatic heterocycles. The topological polar surface area (TPSA) is 73.7 Å². The van der Waals surface area contributed by atoms with E-state index in [0.29, 0.717) is 24.2 Å². The summed E-state index contributed by atoms with van der Waals surface area (Å²) >= 11 is 0. The van der Waals surface area contributed by atoms with E-state index in [0.717, 1.165) is 18.5 Å². The Kier molecular flexibility index (Phi) is 5.40. The van der Waals surface area contributed by atoms with Gasteiger partial charge in [-0.15, -0.1) is 0 Å². The highest BCUT2D eigenvalue weighted by Crippen LogP contribution is 2.34. The van der Waals surface area contributed by atoms with Gasteiger partial charge >= 0.3 is 0 Å². The van der Waals surface area contributed by atoms with Gasteiger partial charge in [-0.2, -0.15) is 0 Å². The van der Waals surface area contributed by atoms with Gasteiger partial charge in [-0.25, -0.2) is 0 Å². The molecule has 0 saturated carbocycles. The fourth-order valence-electron chi connectivity index (χ4n) is 3.65. The predicted octanol–water partition coefficient (Wildman–Crippen LogP) is 4.01. The summed E-state index contributed by atoms with van der Waals surface area (Å²) in [6.07, 6.45) is 6.62. The number of ketones is 1. The maximum absolute atomic E-state index is 12.8. The first-order valence-electron chi connectivity index (χ1n) is 9.59. The standard InChI is InChI=1S/C24H22N2O3/c27-22-9-8-20(23(28)18-5-2-1-3-6-18)24(29)21(22)16-26-14-4-7-19(15-26)17-10-12-25-13-11-17/h1-3,5-13,27,29H,4,14-16H2. The lowest BCUT2D eigenvalue weighted by atomic mass is 9.98. The molecular formula is C24H22N2O3. The zero-order valence-corrected chi connectivity index (χ0v) is 16.0. The minimum Gasteiger partial charge on any atom is -0.507 e. The molecule has 4 rings (SSSR count). The third-order valence-corrected chi connectivity index (χ3v) is 5.20. The molecule has 3 aromatic rings. The van der Waals surface area contributed by atoms with Crippen molar-refractivity contribution in [3.63, 3.8) is 0 Å². The number of phenols is 2. The SMILES string of the molecule is O=C(c1ccccc1)c1ccc(O)c(CN2CCC=C(c3ccncc3)C2)c1O. The van der Waals surface area contributed by atoms with Gasteiger partial charge in [0.1, 0.15) is 11.5 Å². The number of aromatic hydroxyl groups is 2. The second-order valence-electron chi connectivity index (χ2n) is 7.12. The van der Waals surface area contributed by atoms with Crippen LogP contribution in [-0.4, -0.2) is 39.0 Å². The molecule has 2 heterocycles. The predicted molar refractivity (Wildman–Crippen MR) is 112 cm³/mol. The van der Waals surface area contributed by atoms with Gasteiger partial charge in [0.05, 0.1) is 11.1 Å². The Hall–Kier alpha value is -3.44. The average molecular weight is 386 g/mol. The van der Waals surface area contributed by atoms with E-state index in [9.17, 15) is 15.0 Å². The number of carbonyl (C=O) groups excluding carboxylic acids is 1. The molecule has 2 N–H and O–H groups in total. The molecular weight excluding hydrogens is 364 g/mol. The molecule has 0 atom stereocenters. The van der Waals surface area contributed by atoms with Gasteiger partial charge in [0.15, 0.2) is 5.78 Å². The van der Waals surface area contributed by atoms with Gasteiger partial charge in [-0.05, 0) is 41.8 Å². The number of nitrogens with zero attached hydrogens (tertiary/aromatic N) is 2. The van der Waals surface area contributed by atoms with E-state index < -0.39 is 0 Å². The first kappa shape index (κ1) is 18.9. The van der Waals surface area contributed by atoms with Crippen LogP contribution in [0.4, 0.5) is 0 Å². The van der Waals surface area contributed by atoms with E-state index in [1.165, 1.54) is 17.7 Å². The van der Waals surface area contributed by atoms with E-state index in [1.807, 2.05) is 18.2 Å². The van der Waals surface area contributed by atoms with E-state index >= 15 is 0 Å². The van der Waals surface area contributed by atoms with Gasteiger partial charge in [0, 0.05) is 37.6 Å². The van der Waals surface area contributed by atoms with Crippen molar-refractivity contribution in [2.24, 2.45) is 0 Å². The van der Waals surface area contributed by atoms with Gasteiger partial charge in [-0.3, -0.25) is 14.7 Å². The molecule has 0 aliphatic carbocycles. The van der Waals surface area contributed by atoms with Crippen LogP contribution in [-0.2, 0) is 6.54 Å². The molecule has 0 radical (unpaired) electrons. The van der Waals surface area contributed by atoms with Crippen LogP contribution in [0.15, 0.2) is 73.1 Å². The number of phenolic OH excluding ortho intramolecular Hbond substituents is 2. The molecule has 0 bridgehead atoms. The van der Waals surface area contributed by atoms with Crippen LogP contribution in [0.5, 0.6) is 11.5 Å². The van der Waals surface area contributed by atoms with Crippen molar-refractivity contribution in [3.05, 3.63) is 95.3 Å². The summed E-state index contributed by atoms with van der Waals surface area (Å²) in [7, 11) is 0. The van der Waals surface area contributed by atoms with Crippen molar-refractivity contribution in [2.45, 2.75) is 13.0 Å². The Balaban J connectivity index is 1.58. The minimum atomic E-state index is -0.264. The van der Waals surface area contributed by atoms with Gasteiger partial charge in [-0.1, -0.05) is 36.4 Å². The maximum Gasteiger partial charge on any atom is 0.196 e. The number of pyridine rings is 1. The maximum atomic E-state index is 12.8. The minimum absolute atomic E-state index is 0.00729. The summed E-state index contributed by atoms with van der Waals surface area (Å²) in [6.45, 7) is 1.86. The lowest BCUT2D eigenvalue weighted by molar-refractivity contribution is 0.103. The Bertz CT molecular complexity index is 1050. The Morgan fingerprint density at radius 1 is 1.00 bits per heavy atom. The second-order valence-corrected chi connectivity index (χ2v) is 7.12. The highest BCUT2D eigenvalue weighted by Gasteiger charge is 2.22. The smallest absolute Gasteiger partial charge is 0.196 e. The first-order chi connectivity index (χ1) is 14.1. The van der Waals surface area contributed by atoms with Crippen LogP contribution in [0.1, 0.15) is 33.5 Å². The quantitative estimate of drug-likeness (QED) is 0.648. The molecule has 0 fully saturated rings. The summed E-state index contributed by atoms with van der Waals surface area (Å²) in [5, 5.41) is 21.1. The van der Waals surface area contributed by atoms with Crippen molar-refractivity contribution >= 4 is 11.4 Å². The number of aromatic nitrogens is 1. The van der Waals surface area contributed by atoms with Crippen LogP contribution >= 0.6 is 0 Å². The molecule has 0 amide bonds. The summed E-state index contributed by atoms with van der Waals surface area (Å²) < 4.78 is 0. The third-order valence-electron chi connectivity index (χ3n) is 5.20. The van der Waals surface area contributed by atoms with Crippen molar-refractivity contribution in [1.82, 2.24) is 9.88 Å². The summed E-state index contributed by atoms with van der Waals surface area (Å²) in [4.78, 5) is 19.0. The van der Waals surface area contributed by atoms with Crippen LogP contribution in [0.3, 0.4) is 0 Å². The van der Waals surface area contributed by atoms with Crippen molar-refractivity contribution in [2.75, 3.05) is 13.1 Å². The Morgan fingerprint density at radius 3 is 2.52 bits per heavy atom. The van der Waals surface area contributed by atoms with Crippen LogP contribution in [0.2, 0.25) is 0 Å². The van der Waals surface area contributed by atoms with E-state index in [1.54, 1.807) is 36.7 Å². The zero-order chi connectivity index (χ0) is 20.2. The van der Waals surface area contributed by atoms with Crippen LogP contribution < -0.4 is 0 Å². The number of hydrogen-bond acceptors (Lipinski definition) is 5. The molecule has 0 unspecified atom stereocenters. The molecule has 1 aliphatic heterocycles. The zero-order valence-electron chi connectivity index (χ0n) is 16.0. The average Bonchev–Trinajstić information content (AvgIpc) is 2.78. The van der Waals surface area contributed by atoms with E-state index in [4.69, 9.17) is 0 Å². The molecule has 29 heavy (non-hydrogen) atoms. The fourth-order valence-corrected chi connectivity index (χ4v) is 3.65. The molecule has 0 saturated heterocycles. The molecule has 2 aromatic carbocycles. The van der Waals surface area contributed by atoms with Crippen LogP contribution in [0, 0.1) is 0 Å². The second kappa shape index (κ2) is 8.29. The molecule has 146 valence electrons. The number of hydrogen-bond donors (Lipinski definition) is 2. The Labute approximate surface area is 169 Å². The normalized spacial score (nSPS) is 14.4. The summed E-state index contributed by atoms with van der Waals surface area (Å²) in [6, 6.07) is 15.7. The molecule has 1 aliphatic rings. The first-order valence-corrected chi connectivity index (χ1v) is 9.59. The number of carbonyl (C=O) groups is 1. The van der Waals surface area contributed by atoms with Crippen molar-refractivity contribution in [3.8, 4) is 11.5 Å². The van der Waals surface area contributed by atoms with E-state index in [2.05, 4.69) is 16.0 Å². The summed E-state index contributed by atoms with van der Waals surface area (Å²) in [5.41, 5.74) is 3.38. The monoisotopic (exact) mass is 386 g/mol. The molecule has 5 nitrogen and oxygen atoms in total. The number of benzene rings is 2. The third kappa shape index (κ3) is 4.05. The highest BCUT2D eigenvalue weighted by molar-refractivity contribution is 6.11. The van der Waals surface area contributed by atoms with Crippen molar-refractivity contribution in [1.29, 1.82) is 0 Å². The van der Waals surface area contributed by atoms with Crippen LogP contribution in [0.25, 0.3) is 5.57 Å². The molecule has 5 heteroatoms. The lowest BCUT2D eigenvalue weighted by Gasteiger charge is -2.28. The highest BCUT2D eigenvalue weighted by atomic mass is 16.3. The fraction of sp³-hybridized carbons (Fsp3) is 0.167. The van der Waals surface area contributed by atoms with Gasteiger partial charge in [0.2, 0.25) is 0 Å². The van der Waals surface area contributed by atoms with Crippen molar-refractivity contribution < 1.29 is 15.0 Å². The number of rotatable bonds is 5. The van der Waals surface area contributed by atoms with Gasteiger partial charge < -0.3 is 10.2 Å².